The van der Waals surface area contributed by atoms with Gasteiger partial charge in [0.2, 0.25) is 0 Å². The van der Waals surface area contributed by atoms with E-state index in [0.717, 1.165) is 4.31 Å². The van der Waals surface area contributed by atoms with Crippen LogP contribution in [0.15, 0.2) is 23.1 Å². The minimum absolute atomic E-state index is 0.0537. The summed E-state index contributed by atoms with van der Waals surface area (Å²) in [6.45, 7) is 5.07. The van der Waals surface area contributed by atoms with E-state index in [2.05, 4.69) is 0 Å². The fourth-order valence-corrected chi connectivity index (χ4v) is 4.16. The number of anilines is 1. The minimum Gasteiger partial charge on any atom is -0.398 e. The molecule has 1 aromatic carbocycles. The van der Waals surface area contributed by atoms with Crippen LogP contribution in [0, 0.1) is 0 Å². The quantitative estimate of drug-likeness (QED) is 0.642. The standard InChI is InChI=1S/C11H16ClN3O2S2/c1-11(2,3)15(10(14)18)19(16,17)9-5-4-7(12)6-8(9)13/h4-6H,13H2,1-3H3,(H2,14,18). The minimum atomic E-state index is -3.92. The summed E-state index contributed by atoms with van der Waals surface area (Å²) in [4.78, 5) is -0.0698. The van der Waals surface area contributed by atoms with Crippen LogP contribution in [-0.2, 0) is 10.0 Å². The SMILES string of the molecule is CC(C)(C)N(C(N)=S)S(=O)(=O)c1ccc(Cl)cc1N. The molecule has 0 fully saturated rings. The van der Waals surface area contributed by atoms with E-state index >= 15 is 0 Å². The number of halogens is 1. The highest BCUT2D eigenvalue weighted by atomic mass is 35.5. The number of hydrogen-bond acceptors (Lipinski definition) is 4. The zero-order chi connectivity index (χ0) is 15.0. The zero-order valence-electron chi connectivity index (χ0n) is 10.8. The van der Waals surface area contributed by atoms with Gasteiger partial charge in [-0.05, 0) is 51.2 Å². The molecule has 4 N–H and O–H groups in total. The van der Waals surface area contributed by atoms with Crippen LogP contribution in [0.1, 0.15) is 20.8 Å². The van der Waals surface area contributed by atoms with Gasteiger partial charge in [-0.25, -0.2) is 12.7 Å². The van der Waals surface area contributed by atoms with Crippen LogP contribution in [0.3, 0.4) is 0 Å². The van der Waals surface area contributed by atoms with Crippen molar-refractivity contribution >= 4 is 44.6 Å². The lowest BCUT2D eigenvalue weighted by molar-refractivity contribution is 0.349. The molecular weight excluding hydrogens is 306 g/mol. The molecule has 106 valence electrons. The lowest BCUT2D eigenvalue weighted by Gasteiger charge is -2.35. The molecule has 0 unspecified atom stereocenters. The molecule has 0 aromatic heterocycles. The number of nitrogens with two attached hydrogens (primary N) is 2. The molecule has 0 bridgehead atoms. The summed E-state index contributed by atoms with van der Waals surface area (Å²) in [5.74, 6) is 0. The van der Waals surface area contributed by atoms with Gasteiger partial charge in [-0.1, -0.05) is 11.6 Å². The third kappa shape index (κ3) is 3.29. The molecule has 8 heteroatoms. The second-order valence-corrected chi connectivity index (χ2v) is 7.57. The topological polar surface area (TPSA) is 89.4 Å². The molecule has 0 aliphatic rings. The van der Waals surface area contributed by atoms with E-state index in [4.69, 9.17) is 35.3 Å². The van der Waals surface area contributed by atoms with Gasteiger partial charge in [0.25, 0.3) is 10.0 Å². The van der Waals surface area contributed by atoms with Crippen molar-refractivity contribution in [2.24, 2.45) is 5.73 Å². The second-order valence-electron chi connectivity index (χ2n) is 4.96. The third-order valence-electron chi connectivity index (χ3n) is 2.30. The predicted molar refractivity (Wildman–Crippen MR) is 81.4 cm³/mol. The Hall–Kier alpha value is -1.05. The summed E-state index contributed by atoms with van der Waals surface area (Å²) in [6, 6.07) is 4.16. The Morgan fingerprint density at radius 2 is 1.89 bits per heavy atom. The van der Waals surface area contributed by atoms with Gasteiger partial charge >= 0.3 is 0 Å². The molecule has 0 aliphatic heterocycles. The monoisotopic (exact) mass is 321 g/mol. The summed E-state index contributed by atoms with van der Waals surface area (Å²) in [7, 11) is -3.92. The van der Waals surface area contributed by atoms with Gasteiger partial charge < -0.3 is 11.5 Å². The van der Waals surface area contributed by atoms with Crippen LogP contribution in [0.5, 0.6) is 0 Å². The maximum absolute atomic E-state index is 12.6. The summed E-state index contributed by atoms with van der Waals surface area (Å²) < 4.78 is 26.1. The molecule has 0 spiro atoms. The molecule has 19 heavy (non-hydrogen) atoms. The van der Waals surface area contributed by atoms with Crippen molar-refractivity contribution in [3.63, 3.8) is 0 Å². The second kappa shape index (κ2) is 5.15. The van der Waals surface area contributed by atoms with Gasteiger partial charge in [0.05, 0.1) is 11.2 Å². The Balaban J connectivity index is 3.49. The van der Waals surface area contributed by atoms with Gasteiger partial charge in [0.1, 0.15) is 4.90 Å². The van der Waals surface area contributed by atoms with Crippen LogP contribution in [0.2, 0.25) is 5.02 Å². The molecule has 0 amide bonds. The first kappa shape index (κ1) is 16.0. The fraction of sp³-hybridized carbons (Fsp3) is 0.364. The van der Waals surface area contributed by atoms with E-state index in [1.54, 1.807) is 20.8 Å². The molecule has 5 nitrogen and oxygen atoms in total. The Kier molecular flexibility index (Phi) is 4.33. The van der Waals surface area contributed by atoms with Crippen molar-refractivity contribution in [2.45, 2.75) is 31.2 Å². The van der Waals surface area contributed by atoms with E-state index < -0.39 is 15.6 Å². The lowest BCUT2D eigenvalue weighted by Crippen LogP contribution is -2.51. The Morgan fingerprint density at radius 3 is 2.26 bits per heavy atom. The van der Waals surface area contributed by atoms with Crippen LogP contribution in [0.4, 0.5) is 5.69 Å². The number of rotatable bonds is 2. The van der Waals surface area contributed by atoms with Crippen LogP contribution >= 0.6 is 23.8 Å². The highest BCUT2D eigenvalue weighted by Gasteiger charge is 2.36. The molecule has 1 aromatic rings. The molecule has 1 rings (SSSR count). The number of thiocarbonyl (C=S) groups is 1. The smallest absolute Gasteiger partial charge is 0.268 e. The number of nitrogen functional groups attached to an aromatic ring is 1. The molecule has 0 saturated heterocycles. The van der Waals surface area contributed by atoms with E-state index in [1.807, 2.05) is 0 Å². The Labute approximate surface area is 123 Å². The zero-order valence-corrected chi connectivity index (χ0v) is 13.2. The highest BCUT2D eigenvalue weighted by Crippen LogP contribution is 2.29. The Morgan fingerprint density at radius 1 is 1.37 bits per heavy atom. The van der Waals surface area contributed by atoms with Gasteiger partial charge in [0.15, 0.2) is 5.11 Å². The average Bonchev–Trinajstić information content (AvgIpc) is 2.11. The van der Waals surface area contributed by atoms with Crippen molar-refractivity contribution in [2.75, 3.05) is 5.73 Å². The molecular formula is C11H16ClN3O2S2. The van der Waals surface area contributed by atoms with E-state index in [1.165, 1.54) is 18.2 Å². The maximum Gasteiger partial charge on any atom is 0.268 e. The van der Waals surface area contributed by atoms with Crippen LogP contribution < -0.4 is 11.5 Å². The van der Waals surface area contributed by atoms with Crippen molar-refractivity contribution in [3.8, 4) is 0 Å². The lowest BCUT2D eigenvalue weighted by atomic mass is 10.1. The normalized spacial score (nSPS) is 12.2. The number of sulfonamides is 1. The first-order valence-corrected chi connectivity index (χ1v) is 7.60. The van der Waals surface area contributed by atoms with Gasteiger partial charge in [-0.15, -0.1) is 0 Å². The van der Waals surface area contributed by atoms with E-state index in [0.29, 0.717) is 5.02 Å². The summed E-state index contributed by atoms with van der Waals surface area (Å²) in [6.07, 6.45) is 0. The summed E-state index contributed by atoms with van der Waals surface area (Å²) >= 11 is 10.6. The molecule has 0 heterocycles. The predicted octanol–water partition coefficient (Wildman–Crippen LogP) is 1.96. The van der Waals surface area contributed by atoms with Gasteiger partial charge in [-0.2, -0.15) is 0 Å². The third-order valence-corrected chi connectivity index (χ3v) is 4.99. The maximum atomic E-state index is 12.6. The Bertz CT molecular complexity index is 609. The molecule has 0 radical (unpaired) electrons. The van der Waals surface area contributed by atoms with E-state index in [-0.39, 0.29) is 15.7 Å². The number of nitrogens with zero attached hydrogens (tertiary/aromatic N) is 1. The van der Waals surface area contributed by atoms with Gasteiger partial charge in [0, 0.05) is 5.02 Å². The van der Waals surface area contributed by atoms with Crippen LogP contribution in [-0.4, -0.2) is 23.4 Å². The number of benzene rings is 1. The van der Waals surface area contributed by atoms with Crippen molar-refractivity contribution in [1.82, 2.24) is 4.31 Å². The van der Waals surface area contributed by atoms with E-state index in [9.17, 15) is 8.42 Å². The summed E-state index contributed by atoms with van der Waals surface area (Å²) in [5, 5.41) is 0.121. The van der Waals surface area contributed by atoms with Crippen molar-refractivity contribution < 1.29 is 8.42 Å². The highest BCUT2D eigenvalue weighted by molar-refractivity contribution is 7.91. The molecule has 0 atom stereocenters. The van der Waals surface area contributed by atoms with Gasteiger partial charge in [-0.3, -0.25) is 0 Å². The average molecular weight is 322 g/mol. The number of hydrogen-bond donors (Lipinski definition) is 2. The van der Waals surface area contributed by atoms with Crippen molar-refractivity contribution in [3.05, 3.63) is 23.2 Å². The van der Waals surface area contributed by atoms with Crippen molar-refractivity contribution in [1.29, 1.82) is 0 Å². The first-order valence-electron chi connectivity index (χ1n) is 5.38. The first-order chi connectivity index (χ1) is 8.48. The molecule has 0 saturated carbocycles. The van der Waals surface area contributed by atoms with Crippen LogP contribution in [0.25, 0.3) is 0 Å². The largest absolute Gasteiger partial charge is 0.398 e. The molecule has 0 aliphatic carbocycles. The summed E-state index contributed by atoms with van der Waals surface area (Å²) in [5.41, 5.74) is 10.5. The fourth-order valence-electron chi connectivity index (χ4n) is 1.66.